The van der Waals surface area contributed by atoms with E-state index in [0.29, 0.717) is 0 Å². The zero-order chi connectivity index (χ0) is 25.3. The second kappa shape index (κ2) is 16.7. The van der Waals surface area contributed by atoms with Gasteiger partial charge in [-0.2, -0.15) is 0 Å². The van der Waals surface area contributed by atoms with Crippen molar-refractivity contribution in [3.8, 4) is 0 Å². The molecule has 0 spiro atoms. The molecule has 0 aliphatic rings. The Morgan fingerprint density at radius 2 is 0.806 bits per heavy atom. The van der Waals surface area contributed by atoms with Gasteiger partial charge in [0, 0.05) is 14.2 Å². The summed E-state index contributed by atoms with van der Waals surface area (Å²) in [6, 6.07) is 33.9. The van der Waals surface area contributed by atoms with Gasteiger partial charge in [0.05, 0.1) is 6.16 Å². The first kappa shape index (κ1) is 28.6. The van der Waals surface area contributed by atoms with Gasteiger partial charge in [-0.1, -0.05) is 99.5 Å². The monoisotopic (exact) mass is 505 g/mol. The van der Waals surface area contributed by atoms with Gasteiger partial charge in [0.1, 0.15) is 23.2 Å². The Morgan fingerprint density at radius 1 is 0.472 bits per heavy atom. The Morgan fingerprint density at radius 3 is 1.17 bits per heavy atom. The minimum Gasteiger partial charge on any atom is -0.356 e. The number of hydrogen-bond acceptors (Lipinski definition) is 2. The summed E-state index contributed by atoms with van der Waals surface area (Å²) >= 11 is 0. The molecule has 0 saturated carbocycles. The molecular formula is C33H46O2P+. The molecular weight excluding hydrogens is 459 g/mol. The van der Waals surface area contributed by atoms with Crippen LogP contribution in [0.1, 0.15) is 70.6 Å². The van der Waals surface area contributed by atoms with Crippen molar-refractivity contribution < 1.29 is 9.47 Å². The molecule has 0 aliphatic carbocycles. The standard InChI is InChI=1S/C33H46O2P/c1-34-33(35-2)28-20-9-7-5-3-4-6-8-10-21-29-36(30-22-14-11-15-23-30,31-24-16-12-17-25-31)32-26-18-13-19-27-32/h11-19,22-27,33H,3-10,20-21,28-29H2,1-2H3/q+1. The summed E-state index contributed by atoms with van der Waals surface area (Å²) in [4.78, 5) is 0. The van der Waals surface area contributed by atoms with Crippen LogP contribution in [0.15, 0.2) is 91.0 Å². The Labute approximate surface area is 220 Å². The van der Waals surface area contributed by atoms with E-state index in [4.69, 9.17) is 9.47 Å². The van der Waals surface area contributed by atoms with Crippen LogP contribution in [0.5, 0.6) is 0 Å². The molecule has 3 aromatic carbocycles. The minimum absolute atomic E-state index is 0.0307. The number of ether oxygens (including phenoxy) is 2. The molecule has 0 unspecified atom stereocenters. The van der Waals surface area contributed by atoms with Crippen LogP contribution in [0, 0.1) is 0 Å². The zero-order valence-electron chi connectivity index (χ0n) is 22.5. The first-order valence-corrected chi connectivity index (χ1v) is 15.9. The zero-order valence-corrected chi connectivity index (χ0v) is 23.4. The molecule has 2 nitrogen and oxygen atoms in total. The molecule has 0 aliphatic heterocycles. The number of methoxy groups -OCH3 is 2. The van der Waals surface area contributed by atoms with E-state index in [0.717, 1.165) is 6.42 Å². The second-order valence-electron chi connectivity index (χ2n) is 9.77. The Balaban J connectivity index is 1.48. The predicted octanol–water partition coefficient (Wildman–Crippen LogP) is 7.89. The first-order valence-electron chi connectivity index (χ1n) is 13.9. The topological polar surface area (TPSA) is 18.5 Å². The average Bonchev–Trinajstić information content (AvgIpc) is 2.95. The Hall–Kier alpha value is -1.99. The van der Waals surface area contributed by atoms with Crippen molar-refractivity contribution in [1.29, 1.82) is 0 Å². The van der Waals surface area contributed by atoms with E-state index >= 15 is 0 Å². The highest BCUT2D eigenvalue weighted by Gasteiger charge is 2.44. The van der Waals surface area contributed by atoms with E-state index in [9.17, 15) is 0 Å². The lowest BCUT2D eigenvalue weighted by Crippen LogP contribution is -2.33. The van der Waals surface area contributed by atoms with Crippen LogP contribution in [0.25, 0.3) is 0 Å². The van der Waals surface area contributed by atoms with Crippen molar-refractivity contribution in [3.63, 3.8) is 0 Å². The summed E-state index contributed by atoms with van der Waals surface area (Å²) in [6.07, 6.45) is 15.4. The summed E-state index contributed by atoms with van der Waals surface area (Å²) in [5, 5.41) is 4.51. The fraction of sp³-hybridized carbons (Fsp3) is 0.455. The lowest BCUT2D eigenvalue weighted by molar-refractivity contribution is -0.107. The minimum atomic E-state index is -1.66. The highest BCUT2D eigenvalue weighted by molar-refractivity contribution is 7.95. The summed E-state index contributed by atoms with van der Waals surface area (Å²) in [6.45, 7) is 0. The normalized spacial score (nSPS) is 11.8. The van der Waals surface area contributed by atoms with Crippen molar-refractivity contribution in [2.24, 2.45) is 0 Å². The summed E-state index contributed by atoms with van der Waals surface area (Å²) < 4.78 is 10.5. The number of rotatable bonds is 18. The fourth-order valence-corrected chi connectivity index (χ4v) is 9.70. The molecule has 3 heteroatoms. The van der Waals surface area contributed by atoms with E-state index in [1.54, 1.807) is 14.2 Å². The Bertz CT molecular complexity index is 829. The maximum absolute atomic E-state index is 5.27. The van der Waals surface area contributed by atoms with Gasteiger partial charge in [0.15, 0.2) is 6.29 Å². The van der Waals surface area contributed by atoms with E-state index in [1.165, 1.54) is 86.3 Å². The molecule has 0 saturated heterocycles. The quantitative estimate of drug-likeness (QED) is 0.0994. The van der Waals surface area contributed by atoms with Gasteiger partial charge in [0.25, 0.3) is 0 Å². The number of benzene rings is 3. The van der Waals surface area contributed by atoms with Gasteiger partial charge >= 0.3 is 0 Å². The molecule has 0 N–H and O–H groups in total. The molecule has 3 rings (SSSR count). The molecule has 0 heterocycles. The molecule has 3 aromatic rings. The van der Waals surface area contributed by atoms with Crippen LogP contribution in [0.3, 0.4) is 0 Å². The lowest BCUT2D eigenvalue weighted by atomic mass is 10.1. The van der Waals surface area contributed by atoms with Crippen molar-refractivity contribution in [2.75, 3.05) is 20.4 Å². The fourth-order valence-electron chi connectivity index (χ4n) is 5.29. The van der Waals surface area contributed by atoms with Gasteiger partial charge in [-0.25, -0.2) is 0 Å². The molecule has 0 radical (unpaired) electrons. The maximum atomic E-state index is 5.27. The highest BCUT2D eigenvalue weighted by Crippen LogP contribution is 2.56. The van der Waals surface area contributed by atoms with Crippen LogP contribution in [-0.4, -0.2) is 26.7 Å². The third-order valence-electron chi connectivity index (χ3n) is 7.30. The third-order valence-corrected chi connectivity index (χ3v) is 11.8. The molecule has 36 heavy (non-hydrogen) atoms. The average molecular weight is 506 g/mol. The van der Waals surface area contributed by atoms with Crippen LogP contribution in [-0.2, 0) is 9.47 Å². The first-order chi connectivity index (χ1) is 17.8. The molecule has 0 bridgehead atoms. The second-order valence-corrected chi connectivity index (χ2v) is 13.4. The maximum Gasteiger partial charge on any atom is 0.156 e. The van der Waals surface area contributed by atoms with Gasteiger partial charge in [0.2, 0.25) is 0 Å². The third kappa shape index (κ3) is 8.55. The van der Waals surface area contributed by atoms with E-state index in [2.05, 4.69) is 91.0 Å². The summed E-state index contributed by atoms with van der Waals surface area (Å²) in [5.74, 6) is 0. The largest absolute Gasteiger partial charge is 0.356 e. The predicted molar refractivity (Wildman–Crippen MR) is 159 cm³/mol. The van der Waals surface area contributed by atoms with Crippen molar-refractivity contribution in [3.05, 3.63) is 91.0 Å². The van der Waals surface area contributed by atoms with Gasteiger partial charge in [-0.3, -0.25) is 0 Å². The van der Waals surface area contributed by atoms with E-state index in [-0.39, 0.29) is 6.29 Å². The van der Waals surface area contributed by atoms with Gasteiger partial charge in [-0.05, 0) is 62.1 Å². The molecule has 0 atom stereocenters. The van der Waals surface area contributed by atoms with Crippen LogP contribution >= 0.6 is 7.26 Å². The van der Waals surface area contributed by atoms with Gasteiger partial charge < -0.3 is 9.47 Å². The van der Waals surface area contributed by atoms with Crippen molar-refractivity contribution in [2.45, 2.75) is 76.9 Å². The molecule has 0 aromatic heterocycles. The molecule has 0 amide bonds. The SMILES string of the molecule is COC(CCCCCCCCCCCC[P+](c1ccccc1)(c1ccccc1)c1ccccc1)OC. The molecule has 0 fully saturated rings. The smallest absolute Gasteiger partial charge is 0.156 e. The number of unbranched alkanes of at least 4 members (excludes halogenated alkanes) is 9. The summed E-state index contributed by atoms with van der Waals surface area (Å²) in [7, 11) is 1.79. The molecule has 194 valence electrons. The number of hydrogen-bond donors (Lipinski definition) is 0. The van der Waals surface area contributed by atoms with E-state index in [1.807, 2.05) is 0 Å². The summed E-state index contributed by atoms with van der Waals surface area (Å²) in [5.41, 5.74) is 0. The van der Waals surface area contributed by atoms with Crippen molar-refractivity contribution in [1.82, 2.24) is 0 Å². The van der Waals surface area contributed by atoms with Crippen LogP contribution in [0.4, 0.5) is 0 Å². The lowest BCUT2D eigenvalue weighted by Gasteiger charge is -2.27. The van der Waals surface area contributed by atoms with Crippen LogP contribution < -0.4 is 15.9 Å². The van der Waals surface area contributed by atoms with Gasteiger partial charge in [-0.15, -0.1) is 0 Å². The highest BCUT2D eigenvalue weighted by atomic mass is 31.2. The Kier molecular flexibility index (Phi) is 13.3. The van der Waals surface area contributed by atoms with E-state index < -0.39 is 7.26 Å². The van der Waals surface area contributed by atoms with Crippen molar-refractivity contribution >= 4 is 23.2 Å². The van der Waals surface area contributed by atoms with Crippen LogP contribution in [0.2, 0.25) is 0 Å².